The highest BCUT2D eigenvalue weighted by molar-refractivity contribution is 7.14. The molecular formula is C14H19NO5S. The maximum atomic E-state index is 12.3. The fraction of sp³-hybridized carbons (Fsp3) is 0.500. The summed E-state index contributed by atoms with van der Waals surface area (Å²) in [4.78, 5) is 36.2. The number of thiophene rings is 1. The van der Waals surface area contributed by atoms with Gasteiger partial charge in [0.25, 0.3) is 5.91 Å². The first-order chi connectivity index (χ1) is 9.88. The van der Waals surface area contributed by atoms with Crippen LogP contribution in [0.5, 0.6) is 0 Å². The molecule has 1 rings (SSSR count). The van der Waals surface area contributed by atoms with Gasteiger partial charge in [-0.2, -0.15) is 0 Å². The van der Waals surface area contributed by atoms with Crippen LogP contribution in [0.25, 0.3) is 0 Å². The molecule has 0 unspecified atom stereocenters. The van der Waals surface area contributed by atoms with Crippen molar-refractivity contribution in [1.82, 2.24) is 4.90 Å². The summed E-state index contributed by atoms with van der Waals surface area (Å²) >= 11 is 1.32. The molecule has 1 aromatic heterocycles. The summed E-state index contributed by atoms with van der Waals surface area (Å²) in [5.41, 5.74) is 1.07. The van der Waals surface area contributed by atoms with Crippen molar-refractivity contribution in [2.24, 2.45) is 0 Å². The second-order valence-electron chi connectivity index (χ2n) is 4.61. The van der Waals surface area contributed by atoms with Crippen molar-refractivity contribution in [3.05, 3.63) is 21.4 Å². The van der Waals surface area contributed by atoms with Crippen molar-refractivity contribution in [3.63, 3.8) is 0 Å². The van der Waals surface area contributed by atoms with E-state index in [4.69, 9.17) is 10.2 Å². The van der Waals surface area contributed by atoms with Crippen LogP contribution in [0.1, 0.15) is 40.4 Å². The van der Waals surface area contributed by atoms with E-state index in [1.165, 1.54) is 11.3 Å². The summed E-state index contributed by atoms with van der Waals surface area (Å²) in [5.74, 6) is -3.00. The van der Waals surface area contributed by atoms with Gasteiger partial charge >= 0.3 is 11.9 Å². The van der Waals surface area contributed by atoms with Crippen molar-refractivity contribution in [2.45, 2.75) is 33.1 Å². The van der Waals surface area contributed by atoms with Gasteiger partial charge in [0, 0.05) is 4.88 Å². The predicted molar refractivity (Wildman–Crippen MR) is 78.9 cm³/mol. The Morgan fingerprint density at radius 1 is 1.14 bits per heavy atom. The Kier molecular flexibility index (Phi) is 6.36. The number of carboxylic acid groups (broad SMARTS) is 2. The van der Waals surface area contributed by atoms with E-state index in [0.717, 1.165) is 34.6 Å². The highest BCUT2D eigenvalue weighted by Gasteiger charge is 2.23. The maximum Gasteiger partial charge on any atom is 0.323 e. The van der Waals surface area contributed by atoms with Crippen molar-refractivity contribution >= 4 is 29.2 Å². The molecule has 7 heteroatoms. The SMILES string of the molecule is CCCc1sc(C(=O)N(CC(=O)O)CC(=O)O)cc1CC. The summed E-state index contributed by atoms with van der Waals surface area (Å²) in [6, 6.07) is 1.74. The maximum absolute atomic E-state index is 12.3. The molecule has 0 atom stereocenters. The van der Waals surface area contributed by atoms with Crippen LogP contribution in [0.2, 0.25) is 0 Å². The minimum absolute atomic E-state index is 0.401. The smallest absolute Gasteiger partial charge is 0.323 e. The Morgan fingerprint density at radius 2 is 1.71 bits per heavy atom. The number of amides is 1. The van der Waals surface area contributed by atoms with Crippen LogP contribution < -0.4 is 0 Å². The van der Waals surface area contributed by atoms with E-state index in [2.05, 4.69) is 0 Å². The molecule has 1 amide bonds. The normalized spacial score (nSPS) is 10.4. The number of nitrogens with zero attached hydrogens (tertiary/aromatic N) is 1. The van der Waals surface area contributed by atoms with Gasteiger partial charge < -0.3 is 15.1 Å². The zero-order chi connectivity index (χ0) is 16.0. The molecule has 0 aliphatic rings. The lowest BCUT2D eigenvalue weighted by atomic mass is 10.1. The van der Waals surface area contributed by atoms with Gasteiger partial charge in [0.15, 0.2) is 0 Å². The Balaban J connectivity index is 3.01. The minimum atomic E-state index is -1.23. The first-order valence-corrected chi connectivity index (χ1v) is 7.55. The molecule has 1 heterocycles. The van der Waals surface area contributed by atoms with Crippen LogP contribution in [-0.4, -0.2) is 46.0 Å². The van der Waals surface area contributed by atoms with Gasteiger partial charge in [-0.05, 0) is 24.5 Å². The van der Waals surface area contributed by atoms with E-state index >= 15 is 0 Å². The van der Waals surface area contributed by atoms with E-state index < -0.39 is 30.9 Å². The second-order valence-corrected chi connectivity index (χ2v) is 5.75. The second kappa shape index (κ2) is 7.78. The zero-order valence-corrected chi connectivity index (χ0v) is 12.9. The van der Waals surface area contributed by atoms with Crippen LogP contribution in [0, 0.1) is 0 Å². The molecule has 6 nitrogen and oxygen atoms in total. The molecule has 0 fully saturated rings. The summed E-state index contributed by atoms with van der Waals surface area (Å²) in [5, 5.41) is 17.6. The van der Waals surface area contributed by atoms with Crippen LogP contribution >= 0.6 is 11.3 Å². The zero-order valence-electron chi connectivity index (χ0n) is 12.1. The number of carbonyl (C=O) groups excluding carboxylic acids is 1. The average molecular weight is 313 g/mol. The Morgan fingerprint density at radius 3 is 2.14 bits per heavy atom. The quantitative estimate of drug-likeness (QED) is 0.764. The summed E-state index contributed by atoms with van der Waals surface area (Å²) in [6.07, 6.45) is 2.60. The summed E-state index contributed by atoms with van der Waals surface area (Å²) < 4.78 is 0. The molecule has 0 bridgehead atoms. The molecule has 0 aliphatic carbocycles. The Bertz CT molecular complexity index is 521. The minimum Gasteiger partial charge on any atom is -0.480 e. The number of aryl methyl sites for hydroxylation is 2. The van der Waals surface area contributed by atoms with Crippen molar-refractivity contribution in [1.29, 1.82) is 0 Å². The van der Waals surface area contributed by atoms with Gasteiger partial charge in [-0.1, -0.05) is 20.3 Å². The molecule has 1 aromatic rings. The van der Waals surface area contributed by atoms with Crippen molar-refractivity contribution in [3.8, 4) is 0 Å². The molecule has 21 heavy (non-hydrogen) atoms. The Hall–Kier alpha value is -1.89. The lowest BCUT2D eigenvalue weighted by Gasteiger charge is -2.17. The number of rotatable bonds is 8. The molecule has 2 N–H and O–H groups in total. The number of carbonyl (C=O) groups is 3. The monoisotopic (exact) mass is 313 g/mol. The fourth-order valence-electron chi connectivity index (χ4n) is 1.99. The lowest BCUT2D eigenvalue weighted by molar-refractivity contribution is -0.140. The third-order valence-electron chi connectivity index (χ3n) is 2.90. The Labute approximate surface area is 127 Å². The van der Waals surface area contributed by atoms with Crippen molar-refractivity contribution in [2.75, 3.05) is 13.1 Å². The summed E-state index contributed by atoms with van der Waals surface area (Å²) in [7, 11) is 0. The standard InChI is InChI=1S/C14H19NO5S/c1-3-5-10-9(4-2)6-11(21-10)14(20)15(7-12(16)17)8-13(18)19/h6H,3-5,7-8H2,1-2H3,(H,16,17)(H,18,19). The van der Waals surface area contributed by atoms with Gasteiger partial charge in [-0.25, -0.2) is 0 Å². The number of hydrogen-bond acceptors (Lipinski definition) is 4. The largest absolute Gasteiger partial charge is 0.480 e. The number of carboxylic acids is 2. The average Bonchev–Trinajstić information content (AvgIpc) is 2.79. The highest BCUT2D eigenvalue weighted by atomic mass is 32.1. The number of aliphatic carboxylic acids is 2. The van der Waals surface area contributed by atoms with Crippen LogP contribution in [-0.2, 0) is 22.4 Å². The van der Waals surface area contributed by atoms with E-state index in [1.807, 2.05) is 13.8 Å². The van der Waals surface area contributed by atoms with Crippen LogP contribution in [0.15, 0.2) is 6.07 Å². The summed E-state index contributed by atoms with van der Waals surface area (Å²) in [6.45, 7) is 2.80. The van der Waals surface area contributed by atoms with Crippen LogP contribution in [0.3, 0.4) is 0 Å². The van der Waals surface area contributed by atoms with Crippen LogP contribution in [0.4, 0.5) is 0 Å². The molecule has 0 aliphatic heterocycles. The lowest BCUT2D eigenvalue weighted by Crippen LogP contribution is -2.39. The van der Waals surface area contributed by atoms with E-state index in [1.54, 1.807) is 6.07 Å². The van der Waals surface area contributed by atoms with Gasteiger partial charge in [-0.15, -0.1) is 11.3 Å². The first-order valence-electron chi connectivity index (χ1n) is 6.73. The molecule has 0 aromatic carbocycles. The van der Waals surface area contributed by atoms with Gasteiger partial charge in [-0.3, -0.25) is 14.4 Å². The first kappa shape index (κ1) is 17.2. The molecule has 0 spiro atoms. The van der Waals surface area contributed by atoms with E-state index in [9.17, 15) is 14.4 Å². The van der Waals surface area contributed by atoms with Crippen molar-refractivity contribution < 1.29 is 24.6 Å². The third kappa shape index (κ3) is 4.86. The van der Waals surface area contributed by atoms with E-state index in [0.29, 0.717) is 4.88 Å². The van der Waals surface area contributed by atoms with E-state index in [-0.39, 0.29) is 0 Å². The predicted octanol–water partition coefficient (Wildman–Crippen LogP) is 1.87. The van der Waals surface area contributed by atoms with Gasteiger partial charge in [0.1, 0.15) is 13.1 Å². The number of hydrogen-bond donors (Lipinski definition) is 2. The molecule has 0 radical (unpaired) electrons. The fourth-order valence-corrected chi connectivity index (χ4v) is 3.32. The topological polar surface area (TPSA) is 94.9 Å². The third-order valence-corrected chi connectivity index (χ3v) is 4.13. The highest BCUT2D eigenvalue weighted by Crippen LogP contribution is 2.25. The van der Waals surface area contributed by atoms with Gasteiger partial charge in [0.2, 0.25) is 0 Å². The molecular weight excluding hydrogens is 294 g/mol. The molecule has 0 saturated carbocycles. The molecule has 116 valence electrons. The van der Waals surface area contributed by atoms with Gasteiger partial charge in [0.05, 0.1) is 4.88 Å². The molecule has 0 saturated heterocycles.